The van der Waals surface area contributed by atoms with Crippen LogP contribution in [0.4, 0.5) is 0 Å². The van der Waals surface area contributed by atoms with Gasteiger partial charge < -0.3 is 0 Å². The summed E-state index contributed by atoms with van der Waals surface area (Å²) in [7, 11) is 0. The highest BCUT2D eigenvalue weighted by Gasteiger charge is 1.93. The lowest BCUT2D eigenvalue weighted by Gasteiger charge is -1.99. The lowest BCUT2D eigenvalue weighted by Crippen LogP contribution is -1.85. The molecule has 0 aliphatic rings. The monoisotopic (exact) mass is 147 g/mol. The van der Waals surface area contributed by atoms with Crippen LogP contribution in [0, 0.1) is 13.8 Å². The molecule has 1 aromatic heterocycles. The minimum absolute atomic E-state index is 1.07. The Kier molecular flexibility index (Phi) is 2.42. The van der Waals surface area contributed by atoms with E-state index in [9.17, 15) is 0 Å². The number of aryl methyl sites for hydroxylation is 2. The van der Waals surface area contributed by atoms with E-state index in [1.54, 1.807) is 0 Å². The first-order chi connectivity index (χ1) is 5.24. The lowest BCUT2D eigenvalue weighted by molar-refractivity contribution is 1.16. The molecule has 1 heteroatoms. The summed E-state index contributed by atoms with van der Waals surface area (Å²) in [6.45, 7) is 6.10. The molecular weight excluding hydrogens is 134 g/mol. The second kappa shape index (κ2) is 3.33. The third-order valence-electron chi connectivity index (χ3n) is 1.63. The molecule has 1 nitrogen and oxygen atoms in total. The molecular formula is C10H13N. The summed E-state index contributed by atoms with van der Waals surface area (Å²) < 4.78 is 0. The molecule has 0 saturated heterocycles. The van der Waals surface area contributed by atoms with Crippen molar-refractivity contribution < 1.29 is 0 Å². The average molecular weight is 147 g/mol. The van der Waals surface area contributed by atoms with Crippen LogP contribution in [0.5, 0.6) is 0 Å². The van der Waals surface area contributed by atoms with Gasteiger partial charge in [-0.05, 0) is 38.0 Å². The first-order valence-electron chi connectivity index (χ1n) is 3.80. The molecule has 0 aliphatic carbocycles. The largest absolute Gasteiger partial charge is 0.261 e. The molecule has 0 aliphatic heterocycles. The van der Waals surface area contributed by atoms with Gasteiger partial charge in [-0.15, -0.1) is 0 Å². The Morgan fingerprint density at radius 3 is 2.73 bits per heavy atom. The summed E-state index contributed by atoms with van der Waals surface area (Å²) in [5.74, 6) is 0. The Morgan fingerprint density at radius 1 is 1.36 bits per heavy atom. The van der Waals surface area contributed by atoms with Crippen molar-refractivity contribution in [3.63, 3.8) is 0 Å². The maximum absolute atomic E-state index is 4.19. The van der Waals surface area contributed by atoms with Crippen molar-refractivity contribution in [3.8, 4) is 0 Å². The van der Waals surface area contributed by atoms with E-state index < -0.39 is 0 Å². The minimum atomic E-state index is 1.07. The summed E-state index contributed by atoms with van der Waals surface area (Å²) >= 11 is 0. The van der Waals surface area contributed by atoms with E-state index in [1.165, 1.54) is 11.1 Å². The molecule has 1 aromatic rings. The normalized spacial score (nSPS) is 10.8. The van der Waals surface area contributed by atoms with Crippen LogP contribution in [-0.2, 0) is 0 Å². The van der Waals surface area contributed by atoms with Crippen molar-refractivity contribution in [3.05, 3.63) is 35.2 Å². The van der Waals surface area contributed by atoms with Gasteiger partial charge in [-0.3, -0.25) is 4.98 Å². The predicted octanol–water partition coefficient (Wildman–Crippen LogP) is 2.73. The van der Waals surface area contributed by atoms with Crippen molar-refractivity contribution in [2.24, 2.45) is 0 Å². The molecule has 0 aromatic carbocycles. The summed E-state index contributed by atoms with van der Waals surface area (Å²) in [5.41, 5.74) is 3.57. The Labute approximate surface area is 67.8 Å². The fraction of sp³-hybridized carbons (Fsp3) is 0.300. The van der Waals surface area contributed by atoms with Crippen LogP contribution in [0.1, 0.15) is 23.7 Å². The molecule has 0 N–H and O–H groups in total. The highest BCUT2D eigenvalue weighted by atomic mass is 14.7. The van der Waals surface area contributed by atoms with Gasteiger partial charge in [0, 0.05) is 11.9 Å². The number of hydrogen-bond donors (Lipinski definition) is 0. The van der Waals surface area contributed by atoms with E-state index in [4.69, 9.17) is 0 Å². The smallest absolute Gasteiger partial charge is 0.0378 e. The number of aromatic nitrogens is 1. The number of nitrogens with zero attached hydrogens (tertiary/aromatic N) is 1. The van der Waals surface area contributed by atoms with Crippen LogP contribution in [0.3, 0.4) is 0 Å². The standard InChI is InChI=1S/C10H13N/c1-4-5-10-6-9(3)11-7-8(10)2/h4-7H,1-3H3. The SMILES string of the molecule is CC=Cc1cc(C)ncc1C. The van der Waals surface area contributed by atoms with Crippen molar-refractivity contribution in [1.82, 2.24) is 4.98 Å². The minimum Gasteiger partial charge on any atom is -0.261 e. The average Bonchev–Trinajstić information content (AvgIpc) is 1.98. The van der Waals surface area contributed by atoms with Crippen molar-refractivity contribution in [1.29, 1.82) is 0 Å². The first-order valence-corrected chi connectivity index (χ1v) is 3.80. The zero-order valence-electron chi connectivity index (χ0n) is 7.26. The van der Waals surface area contributed by atoms with Crippen LogP contribution in [0.2, 0.25) is 0 Å². The molecule has 0 saturated carbocycles. The number of hydrogen-bond acceptors (Lipinski definition) is 1. The zero-order valence-corrected chi connectivity index (χ0v) is 7.26. The topological polar surface area (TPSA) is 12.9 Å². The fourth-order valence-electron chi connectivity index (χ4n) is 1.01. The second-order valence-corrected chi connectivity index (χ2v) is 2.68. The van der Waals surface area contributed by atoms with Crippen LogP contribution < -0.4 is 0 Å². The van der Waals surface area contributed by atoms with Gasteiger partial charge in [-0.2, -0.15) is 0 Å². The number of pyridine rings is 1. The van der Waals surface area contributed by atoms with E-state index in [2.05, 4.69) is 24.1 Å². The number of rotatable bonds is 1. The molecule has 0 fully saturated rings. The van der Waals surface area contributed by atoms with Crippen molar-refractivity contribution in [2.45, 2.75) is 20.8 Å². The molecule has 0 unspecified atom stereocenters. The maximum atomic E-state index is 4.19. The Morgan fingerprint density at radius 2 is 2.09 bits per heavy atom. The summed E-state index contributed by atoms with van der Waals surface area (Å²) in [5, 5.41) is 0. The first kappa shape index (κ1) is 7.99. The Bertz CT molecular complexity index is 274. The Hall–Kier alpha value is -1.11. The van der Waals surface area contributed by atoms with Crippen LogP contribution in [0.25, 0.3) is 6.08 Å². The van der Waals surface area contributed by atoms with Gasteiger partial charge in [0.1, 0.15) is 0 Å². The summed E-state index contributed by atoms with van der Waals surface area (Å²) in [4.78, 5) is 4.19. The molecule has 58 valence electrons. The van der Waals surface area contributed by atoms with E-state index in [0.29, 0.717) is 0 Å². The van der Waals surface area contributed by atoms with E-state index >= 15 is 0 Å². The van der Waals surface area contributed by atoms with E-state index in [-0.39, 0.29) is 0 Å². The third-order valence-corrected chi connectivity index (χ3v) is 1.63. The summed E-state index contributed by atoms with van der Waals surface area (Å²) in [6.07, 6.45) is 6.05. The number of allylic oxidation sites excluding steroid dienone is 1. The Balaban J connectivity index is 3.12. The van der Waals surface area contributed by atoms with Gasteiger partial charge in [0.05, 0.1) is 0 Å². The quantitative estimate of drug-likeness (QED) is 0.595. The molecule has 0 amide bonds. The van der Waals surface area contributed by atoms with Gasteiger partial charge in [0.25, 0.3) is 0 Å². The van der Waals surface area contributed by atoms with Crippen LogP contribution in [0.15, 0.2) is 18.3 Å². The molecule has 11 heavy (non-hydrogen) atoms. The van der Waals surface area contributed by atoms with Gasteiger partial charge >= 0.3 is 0 Å². The highest BCUT2D eigenvalue weighted by molar-refractivity contribution is 5.52. The van der Waals surface area contributed by atoms with Gasteiger partial charge in [0.15, 0.2) is 0 Å². The molecule has 0 radical (unpaired) electrons. The fourth-order valence-corrected chi connectivity index (χ4v) is 1.01. The van der Waals surface area contributed by atoms with Gasteiger partial charge in [0.2, 0.25) is 0 Å². The van der Waals surface area contributed by atoms with Crippen molar-refractivity contribution >= 4 is 6.08 Å². The lowest BCUT2D eigenvalue weighted by atomic mass is 10.1. The maximum Gasteiger partial charge on any atom is 0.0378 e. The van der Waals surface area contributed by atoms with Crippen LogP contribution in [-0.4, -0.2) is 4.98 Å². The molecule has 0 spiro atoms. The third kappa shape index (κ3) is 1.90. The molecule has 0 atom stereocenters. The molecule has 0 bridgehead atoms. The zero-order chi connectivity index (χ0) is 8.27. The molecule has 1 rings (SSSR count). The van der Waals surface area contributed by atoms with Gasteiger partial charge in [-0.25, -0.2) is 0 Å². The van der Waals surface area contributed by atoms with E-state index in [0.717, 1.165) is 5.69 Å². The second-order valence-electron chi connectivity index (χ2n) is 2.68. The van der Waals surface area contributed by atoms with Gasteiger partial charge in [-0.1, -0.05) is 12.2 Å². The predicted molar refractivity (Wildman–Crippen MR) is 48.4 cm³/mol. The van der Waals surface area contributed by atoms with E-state index in [1.807, 2.05) is 26.1 Å². The summed E-state index contributed by atoms with van der Waals surface area (Å²) in [6, 6.07) is 2.09. The highest BCUT2D eigenvalue weighted by Crippen LogP contribution is 2.09. The molecule has 1 heterocycles. The van der Waals surface area contributed by atoms with Crippen molar-refractivity contribution in [2.75, 3.05) is 0 Å². The van der Waals surface area contributed by atoms with Crippen LogP contribution >= 0.6 is 0 Å².